The van der Waals surface area contributed by atoms with Gasteiger partial charge in [0.15, 0.2) is 0 Å². The number of aromatic nitrogens is 2. The first-order valence-electron chi connectivity index (χ1n) is 7.79. The standard InChI is InChI=1S/C19H16BN5/c1-12-9-15(20)10-13(2)18(12)24-17-7-8-22-19(25-17)23-16-5-3-14(11-21)4-6-16/h3-10H,1-2H3,(H2,22,23,24,25). The van der Waals surface area contributed by atoms with Crippen LogP contribution in [0.3, 0.4) is 0 Å². The van der Waals surface area contributed by atoms with Crippen LogP contribution in [0.4, 0.5) is 23.1 Å². The van der Waals surface area contributed by atoms with Crippen molar-refractivity contribution in [1.29, 1.82) is 5.26 Å². The van der Waals surface area contributed by atoms with E-state index in [-0.39, 0.29) is 0 Å². The van der Waals surface area contributed by atoms with Crippen LogP contribution in [0.1, 0.15) is 16.7 Å². The monoisotopic (exact) mass is 325 g/mol. The van der Waals surface area contributed by atoms with Crippen molar-refractivity contribution in [3.8, 4) is 6.07 Å². The van der Waals surface area contributed by atoms with Crippen molar-refractivity contribution in [2.24, 2.45) is 0 Å². The summed E-state index contributed by atoms with van der Waals surface area (Å²) in [6, 6.07) is 14.9. The second kappa shape index (κ2) is 7.06. The van der Waals surface area contributed by atoms with Gasteiger partial charge < -0.3 is 10.6 Å². The fourth-order valence-corrected chi connectivity index (χ4v) is 2.57. The summed E-state index contributed by atoms with van der Waals surface area (Å²) >= 11 is 0. The minimum Gasteiger partial charge on any atom is -0.340 e. The first-order chi connectivity index (χ1) is 12.0. The number of nitrogens with one attached hydrogen (secondary N) is 2. The lowest BCUT2D eigenvalue weighted by atomic mass is 9.91. The van der Waals surface area contributed by atoms with Crippen LogP contribution in [-0.4, -0.2) is 17.8 Å². The first kappa shape index (κ1) is 16.5. The third-order valence-electron chi connectivity index (χ3n) is 3.73. The number of anilines is 4. The Morgan fingerprint density at radius 2 is 1.68 bits per heavy atom. The summed E-state index contributed by atoms with van der Waals surface area (Å²) in [5.74, 6) is 1.16. The zero-order valence-corrected chi connectivity index (χ0v) is 14.0. The number of nitriles is 1. The van der Waals surface area contributed by atoms with Gasteiger partial charge in [-0.3, -0.25) is 0 Å². The Morgan fingerprint density at radius 3 is 2.32 bits per heavy atom. The molecule has 6 heteroatoms. The van der Waals surface area contributed by atoms with Gasteiger partial charge in [-0.2, -0.15) is 10.2 Å². The lowest BCUT2D eigenvalue weighted by Crippen LogP contribution is -2.08. The van der Waals surface area contributed by atoms with E-state index in [0.717, 1.165) is 28.0 Å². The maximum absolute atomic E-state index is 8.85. The summed E-state index contributed by atoms with van der Waals surface area (Å²) in [4.78, 5) is 8.71. The van der Waals surface area contributed by atoms with Gasteiger partial charge in [0.05, 0.1) is 11.6 Å². The van der Waals surface area contributed by atoms with Crippen LogP contribution in [0.15, 0.2) is 48.7 Å². The van der Waals surface area contributed by atoms with Crippen molar-refractivity contribution in [2.45, 2.75) is 13.8 Å². The highest BCUT2D eigenvalue weighted by molar-refractivity contribution is 6.32. The molecule has 0 fully saturated rings. The Balaban J connectivity index is 1.81. The van der Waals surface area contributed by atoms with Gasteiger partial charge in [0.2, 0.25) is 5.95 Å². The van der Waals surface area contributed by atoms with Crippen LogP contribution < -0.4 is 16.1 Å². The number of benzene rings is 2. The Hall–Kier alpha value is -3.33. The topological polar surface area (TPSA) is 73.6 Å². The zero-order valence-electron chi connectivity index (χ0n) is 14.0. The van der Waals surface area contributed by atoms with Crippen molar-refractivity contribution in [3.05, 3.63) is 65.4 Å². The van der Waals surface area contributed by atoms with Gasteiger partial charge >= 0.3 is 0 Å². The molecule has 3 rings (SSSR count). The third kappa shape index (κ3) is 3.96. The number of hydrogen-bond donors (Lipinski definition) is 2. The van der Waals surface area contributed by atoms with E-state index in [4.69, 9.17) is 13.1 Å². The van der Waals surface area contributed by atoms with E-state index in [1.54, 1.807) is 24.4 Å². The molecule has 120 valence electrons. The molecule has 1 aromatic heterocycles. The fourth-order valence-electron chi connectivity index (χ4n) is 2.57. The molecule has 0 atom stereocenters. The molecule has 0 unspecified atom stereocenters. The summed E-state index contributed by atoms with van der Waals surface area (Å²) in [5.41, 5.74) is 5.26. The third-order valence-corrected chi connectivity index (χ3v) is 3.73. The van der Waals surface area contributed by atoms with Crippen molar-refractivity contribution in [1.82, 2.24) is 9.97 Å². The van der Waals surface area contributed by atoms with E-state index < -0.39 is 0 Å². The molecular weight excluding hydrogens is 309 g/mol. The Kier molecular flexibility index (Phi) is 4.67. The van der Waals surface area contributed by atoms with E-state index in [0.29, 0.717) is 17.3 Å². The highest BCUT2D eigenvalue weighted by Gasteiger charge is 2.06. The van der Waals surface area contributed by atoms with Gasteiger partial charge in [-0.1, -0.05) is 17.6 Å². The van der Waals surface area contributed by atoms with Gasteiger partial charge in [-0.05, 0) is 55.3 Å². The van der Waals surface area contributed by atoms with E-state index in [9.17, 15) is 0 Å². The Labute approximate surface area is 148 Å². The molecule has 0 bridgehead atoms. The molecule has 2 radical (unpaired) electrons. The molecule has 0 saturated carbocycles. The molecule has 2 aromatic carbocycles. The molecule has 25 heavy (non-hydrogen) atoms. The number of rotatable bonds is 4. The molecule has 0 aliphatic heterocycles. The Bertz CT molecular complexity index is 922. The summed E-state index contributed by atoms with van der Waals surface area (Å²) in [5, 5.41) is 15.3. The van der Waals surface area contributed by atoms with Crippen LogP contribution in [0, 0.1) is 25.2 Å². The predicted octanol–water partition coefficient (Wildman–Crippen LogP) is 3.25. The largest absolute Gasteiger partial charge is 0.340 e. The summed E-state index contributed by atoms with van der Waals surface area (Å²) in [6.45, 7) is 4.01. The molecule has 0 aliphatic rings. The lowest BCUT2D eigenvalue weighted by Gasteiger charge is -2.14. The van der Waals surface area contributed by atoms with Crippen molar-refractivity contribution in [3.63, 3.8) is 0 Å². The number of aryl methyl sites for hydroxylation is 2. The van der Waals surface area contributed by atoms with E-state index in [1.165, 1.54) is 0 Å². The molecule has 0 aliphatic carbocycles. The molecule has 0 amide bonds. The minimum atomic E-state index is 0.473. The van der Waals surface area contributed by atoms with E-state index in [2.05, 4.69) is 26.7 Å². The predicted molar refractivity (Wildman–Crippen MR) is 101 cm³/mol. The van der Waals surface area contributed by atoms with Gasteiger partial charge in [-0.15, -0.1) is 0 Å². The second-order valence-corrected chi connectivity index (χ2v) is 5.73. The molecule has 0 saturated heterocycles. The van der Waals surface area contributed by atoms with Crippen LogP contribution in [0.5, 0.6) is 0 Å². The molecule has 5 nitrogen and oxygen atoms in total. The van der Waals surface area contributed by atoms with Gasteiger partial charge in [-0.25, -0.2) is 4.98 Å². The Morgan fingerprint density at radius 1 is 1.00 bits per heavy atom. The normalized spacial score (nSPS) is 10.1. The second-order valence-electron chi connectivity index (χ2n) is 5.73. The summed E-state index contributed by atoms with van der Waals surface area (Å²) < 4.78 is 0. The number of hydrogen-bond acceptors (Lipinski definition) is 5. The molecule has 1 heterocycles. The maximum Gasteiger partial charge on any atom is 0.229 e. The highest BCUT2D eigenvalue weighted by atomic mass is 15.1. The SMILES string of the molecule is [B]c1cc(C)c(Nc2ccnc(Nc3ccc(C#N)cc3)n2)c(C)c1. The quantitative estimate of drug-likeness (QED) is 0.720. The molecule has 2 N–H and O–H groups in total. The van der Waals surface area contributed by atoms with Crippen LogP contribution in [0.2, 0.25) is 0 Å². The van der Waals surface area contributed by atoms with Crippen molar-refractivity contribution < 1.29 is 0 Å². The molecule has 0 spiro atoms. The number of nitrogens with zero attached hydrogens (tertiary/aromatic N) is 3. The summed E-state index contributed by atoms with van der Waals surface area (Å²) in [7, 11) is 5.87. The molecule has 3 aromatic rings. The fraction of sp³-hybridized carbons (Fsp3) is 0.105. The van der Waals surface area contributed by atoms with E-state index >= 15 is 0 Å². The zero-order chi connectivity index (χ0) is 17.8. The summed E-state index contributed by atoms with van der Waals surface area (Å²) in [6.07, 6.45) is 1.68. The average Bonchev–Trinajstić information content (AvgIpc) is 2.59. The highest BCUT2D eigenvalue weighted by Crippen LogP contribution is 2.23. The van der Waals surface area contributed by atoms with Gasteiger partial charge in [0.1, 0.15) is 13.7 Å². The van der Waals surface area contributed by atoms with Crippen LogP contribution >= 0.6 is 0 Å². The van der Waals surface area contributed by atoms with Crippen LogP contribution in [-0.2, 0) is 0 Å². The minimum absolute atomic E-state index is 0.473. The maximum atomic E-state index is 8.85. The molecular formula is C19H16BN5. The van der Waals surface area contributed by atoms with Gasteiger partial charge in [0, 0.05) is 17.6 Å². The van der Waals surface area contributed by atoms with Gasteiger partial charge in [0.25, 0.3) is 0 Å². The van der Waals surface area contributed by atoms with Crippen LogP contribution in [0.25, 0.3) is 0 Å². The van der Waals surface area contributed by atoms with Crippen molar-refractivity contribution in [2.75, 3.05) is 10.6 Å². The first-order valence-corrected chi connectivity index (χ1v) is 7.79. The lowest BCUT2D eigenvalue weighted by molar-refractivity contribution is 1.16. The average molecular weight is 325 g/mol. The van der Waals surface area contributed by atoms with Crippen molar-refractivity contribution >= 4 is 36.5 Å². The smallest absolute Gasteiger partial charge is 0.229 e. The van der Waals surface area contributed by atoms with E-state index in [1.807, 2.05) is 38.1 Å².